The third kappa shape index (κ3) is 7.78. The van der Waals surface area contributed by atoms with Crippen molar-refractivity contribution in [2.45, 2.75) is 31.6 Å². The molecule has 5 nitrogen and oxygen atoms in total. The van der Waals surface area contributed by atoms with Crippen molar-refractivity contribution in [1.29, 1.82) is 0 Å². The summed E-state index contributed by atoms with van der Waals surface area (Å²) in [5.74, 6) is 1.97. The first-order valence-electron chi connectivity index (χ1n) is 24.6. The maximum atomic E-state index is 6.72. The topological polar surface area (TPSA) is 33.5 Å². The van der Waals surface area contributed by atoms with Gasteiger partial charge in [-0.05, 0) is 104 Å². The molecule has 0 radical (unpaired) electrons. The number of nitrogens with zero attached hydrogens (tertiary/aromatic N) is 4. The van der Waals surface area contributed by atoms with Crippen LogP contribution in [0.4, 0.5) is 11.4 Å². The van der Waals surface area contributed by atoms with Gasteiger partial charge in [0.2, 0.25) is 0 Å². The van der Waals surface area contributed by atoms with E-state index in [1.54, 1.807) is 0 Å². The first kappa shape index (κ1) is 45.9. The molecular formula is C67H49N4OPt-3. The average molecular weight is 1120 g/mol. The Morgan fingerprint density at radius 3 is 1.77 bits per heavy atom. The van der Waals surface area contributed by atoms with Gasteiger partial charge in [-0.3, -0.25) is 0 Å². The van der Waals surface area contributed by atoms with Gasteiger partial charge in [-0.1, -0.05) is 184 Å². The Labute approximate surface area is 441 Å². The number of pyridine rings is 1. The molecule has 3 heterocycles. The molecule has 9 aromatic carbocycles. The van der Waals surface area contributed by atoms with Gasteiger partial charge in [0.25, 0.3) is 0 Å². The van der Waals surface area contributed by atoms with Crippen molar-refractivity contribution in [3.05, 3.63) is 284 Å². The molecule has 0 saturated carbocycles. The van der Waals surface area contributed by atoms with Crippen LogP contribution >= 0.6 is 0 Å². The second-order valence-corrected chi connectivity index (χ2v) is 19.7. The molecule has 0 bridgehead atoms. The Balaban J connectivity index is 0.00000543. The van der Waals surface area contributed by atoms with Crippen molar-refractivity contribution in [3.8, 4) is 50.7 Å². The number of hydrogen-bond acceptors (Lipinski definition) is 4. The minimum absolute atomic E-state index is 0. The molecular weight excluding hydrogens is 1070 g/mol. The Hall–Kier alpha value is -8.24. The van der Waals surface area contributed by atoms with Crippen LogP contribution in [-0.2, 0) is 31.9 Å². The van der Waals surface area contributed by atoms with Crippen molar-refractivity contribution >= 4 is 33.2 Å². The summed E-state index contributed by atoms with van der Waals surface area (Å²) < 4.78 is 8.95. The molecule has 0 N–H and O–H groups in total. The van der Waals surface area contributed by atoms with Crippen LogP contribution in [0.15, 0.2) is 237 Å². The third-order valence-electron chi connectivity index (χ3n) is 14.4. The van der Waals surface area contributed by atoms with Crippen molar-refractivity contribution < 1.29 is 25.8 Å². The molecule has 13 rings (SSSR count). The van der Waals surface area contributed by atoms with E-state index in [1.165, 1.54) is 44.5 Å². The Bertz CT molecular complexity index is 3770. The monoisotopic (exact) mass is 1120 g/mol. The van der Waals surface area contributed by atoms with E-state index in [9.17, 15) is 0 Å². The van der Waals surface area contributed by atoms with E-state index in [-0.39, 0.29) is 26.5 Å². The van der Waals surface area contributed by atoms with Gasteiger partial charge < -0.3 is 19.1 Å². The predicted molar refractivity (Wildman–Crippen MR) is 294 cm³/mol. The number of anilines is 2. The molecule has 6 heteroatoms. The van der Waals surface area contributed by atoms with Gasteiger partial charge in [-0.25, -0.2) is 4.98 Å². The van der Waals surface area contributed by atoms with Gasteiger partial charge in [0.15, 0.2) is 0 Å². The first-order valence-corrected chi connectivity index (χ1v) is 24.6. The molecule has 0 amide bonds. The number of hydrogen-bond donors (Lipinski definition) is 0. The van der Waals surface area contributed by atoms with Crippen LogP contribution in [-0.4, -0.2) is 9.55 Å². The zero-order chi connectivity index (χ0) is 48.4. The van der Waals surface area contributed by atoms with Gasteiger partial charge in [0.1, 0.15) is 5.82 Å². The van der Waals surface area contributed by atoms with Crippen molar-refractivity contribution in [2.75, 3.05) is 9.80 Å². The first-order chi connectivity index (χ1) is 35.3. The standard InChI is InChI=1S/C67H49N4O.Pt/c1-66(2,3)50-40-58(46-20-7-4-8-21-46)65(59(41-50)47-22-9-5-10-23-47)70-39-38-69(45-70)51-26-19-27-52(43-51)72-53-34-35-57-56-30-15-18-33-62(56)71(63(57)44-53)64-42-49(36-37-68-64)67(48-24-11-6-12-25-48)60-31-16-13-28-54(60)55-29-14-17-32-61(55)67;/h4-42,45H,1-3H3;/q-3;. The maximum absolute atomic E-state index is 6.72. The minimum atomic E-state index is -0.562. The zero-order valence-electron chi connectivity index (χ0n) is 40.6. The summed E-state index contributed by atoms with van der Waals surface area (Å²) in [7, 11) is 0. The molecule has 356 valence electrons. The third-order valence-corrected chi connectivity index (χ3v) is 14.4. The second-order valence-electron chi connectivity index (χ2n) is 19.7. The summed E-state index contributed by atoms with van der Waals surface area (Å²) in [6, 6.07) is 85.1. The number of rotatable bonds is 9. The van der Waals surface area contributed by atoms with E-state index < -0.39 is 5.41 Å². The fourth-order valence-electron chi connectivity index (χ4n) is 11.1. The van der Waals surface area contributed by atoms with Crippen LogP contribution in [0, 0.1) is 18.8 Å². The number of aromatic nitrogens is 2. The fraction of sp³-hybridized carbons (Fsp3) is 0.0746. The van der Waals surface area contributed by atoms with E-state index in [4.69, 9.17) is 9.72 Å². The average Bonchev–Trinajstić information content (AvgIpc) is 4.13. The van der Waals surface area contributed by atoms with Crippen LogP contribution in [0.5, 0.6) is 11.5 Å². The zero-order valence-corrected chi connectivity index (χ0v) is 42.9. The molecule has 0 atom stereocenters. The van der Waals surface area contributed by atoms with Gasteiger partial charge in [-0.15, -0.1) is 48.1 Å². The van der Waals surface area contributed by atoms with E-state index >= 15 is 0 Å². The maximum Gasteiger partial charge on any atom is 0.135 e. The summed E-state index contributed by atoms with van der Waals surface area (Å²) in [6.45, 7) is 8.97. The van der Waals surface area contributed by atoms with Crippen LogP contribution < -0.4 is 14.5 Å². The molecule has 1 aliphatic carbocycles. The van der Waals surface area contributed by atoms with Gasteiger partial charge in [0, 0.05) is 61.1 Å². The van der Waals surface area contributed by atoms with E-state index in [1.807, 2.05) is 24.4 Å². The van der Waals surface area contributed by atoms with Crippen LogP contribution in [0.25, 0.3) is 61.0 Å². The minimum Gasteiger partial charge on any atom is -0.509 e. The number of para-hydroxylation sites is 1. The summed E-state index contributed by atoms with van der Waals surface area (Å²) in [4.78, 5) is 9.45. The number of ether oxygens (including phenoxy) is 1. The van der Waals surface area contributed by atoms with Crippen LogP contribution in [0.3, 0.4) is 0 Å². The molecule has 2 aliphatic rings. The fourth-order valence-corrected chi connectivity index (χ4v) is 11.1. The van der Waals surface area contributed by atoms with Gasteiger partial charge in [0.05, 0.1) is 5.41 Å². The Kier molecular flexibility index (Phi) is 11.6. The molecule has 11 aromatic rings. The van der Waals surface area contributed by atoms with Gasteiger partial charge >= 0.3 is 0 Å². The van der Waals surface area contributed by atoms with Crippen LogP contribution in [0.2, 0.25) is 0 Å². The summed E-state index contributed by atoms with van der Waals surface area (Å²) >= 11 is 0. The molecule has 73 heavy (non-hydrogen) atoms. The molecule has 2 aromatic heterocycles. The quantitative estimate of drug-likeness (QED) is 0.135. The molecule has 0 unspecified atom stereocenters. The van der Waals surface area contributed by atoms with Crippen molar-refractivity contribution in [3.63, 3.8) is 0 Å². The molecule has 1 aliphatic heterocycles. The number of fused-ring (bicyclic) bond motifs is 6. The predicted octanol–water partition coefficient (Wildman–Crippen LogP) is 16.5. The Morgan fingerprint density at radius 1 is 0.507 bits per heavy atom. The smallest absolute Gasteiger partial charge is 0.135 e. The Morgan fingerprint density at radius 2 is 1.10 bits per heavy atom. The SMILES string of the molecule is CC(C)(C)c1cc(-c2ccccc2)c(N2C=CN(c3[c-]c(Oc4[c-]c5c(cc4)c4ccccc4n5-c4cc(C5(c6ccccc6)c6ccccc6-c6ccccc65)ccn4)ccc3)[CH-]2)c(-c2ccccc2)c1.[Pt]. The van der Waals surface area contributed by atoms with Crippen LogP contribution in [0.1, 0.15) is 48.6 Å². The largest absolute Gasteiger partial charge is 0.509 e. The molecule has 0 spiro atoms. The van der Waals surface area contributed by atoms with E-state index in [0.29, 0.717) is 11.5 Å². The normalized spacial score (nSPS) is 13.5. The van der Waals surface area contributed by atoms with Crippen molar-refractivity contribution in [2.24, 2.45) is 0 Å². The summed E-state index contributed by atoms with van der Waals surface area (Å²) in [5, 5.41) is 2.18. The van der Waals surface area contributed by atoms with Gasteiger partial charge in [-0.2, -0.15) is 12.1 Å². The van der Waals surface area contributed by atoms with E-state index in [2.05, 4.69) is 267 Å². The van der Waals surface area contributed by atoms with E-state index in [0.717, 1.165) is 55.7 Å². The van der Waals surface area contributed by atoms with Crippen molar-refractivity contribution in [1.82, 2.24) is 9.55 Å². The molecule has 0 saturated heterocycles. The number of benzene rings is 9. The second kappa shape index (κ2) is 18.4. The summed E-state index contributed by atoms with van der Waals surface area (Å²) in [5.41, 5.74) is 16.6. The molecule has 0 fully saturated rings. The summed E-state index contributed by atoms with van der Waals surface area (Å²) in [6.07, 6.45) is 6.16.